The average Bonchev–Trinajstić information content (AvgIpc) is 3.23. The second-order valence-corrected chi connectivity index (χ2v) is 8.64. The molecule has 8 heteroatoms. The van der Waals surface area contributed by atoms with Crippen molar-refractivity contribution in [3.8, 4) is 11.5 Å². The lowest BCUT2D eigenvalue weighted by molar-refractivity contribution is -0.121. The first-order chi connectivity index (χ1) is 15.2. The zero-order valence-electron chi connectivity index (χ0n) is 16.5. The van der Waals surface area contributed by atoms with E-state index in [1.807, 2.05) is 54.6 Å². The fraction of sp³-hybridized carbons (Fsp3) is 0.174. The average molecular weight is 451 g/mol. The number of amidine groups is 1. The molecule has 0 fully saturated rings. The zero-order valence-corrected chi connectivity index (χ0v) is 18.1. The molecule has 156 valence electrons. The van der Waals surface area contributed by atoms with Crippen LogP contribution in [0.25, 0.3) is 0 Å². The molecule has 0 saturated carbocycles. The number of aromatic nitrogens is 1. The van der Waals surface area contributed by atoms with Crippen LogP contribution in [0.2, 0.25) is 5.02 Å². The standard InChI is InChI=1S/C23H19ClN4O2S/c24-17-5-6-21-19(11-17)28(13-16-3-1-2-4-20(16)30-21)23-27-18(14-31-23)22(29)26-12-15-7-9-25-10-8-15/h1-11,18H,12-14H2,(H,26,29). The van der Waals surface area contributed by atoms with Gasteiger partial charge in [0, 0.05) is 35.3 Å². The summed E-state index contributed by atoms with van der Waals surface area (Å²) in [6.45, 7) is 1.04. The van der Waals surface area contributed by atoms with Gasteiger partial charge in [-0.25, -0.2) is 4.99 Å². The second-order valence-electron chi connectivity index (χ2n) is 7.22. The van der Waals surface area contributed by atoms with E-state index in [1.165, 1.54) is 0 Å². The topological polar surface area (TPSA) is 66.8 Å². The van der Waals surface area contributed by atoms with Gasteiger partial charge in [-0.05, 0) is 42.0 Å². The van der Waals surface area contributed by atoms with E-state index in [-0.39, 0.29) is 5.91 Å². The lowest BCUT2D eigenvalue weighted by atomic mass is 10.2. The fourth-order valence-electron chi connectivity index (χ4n) is 3.52. The van der Waals surface area contributed by atoms with Gasteiger partial charge in [-0.15, -0.1) is 0 Å². The summed E-state index contributed by atoms with van der Waals surface area (Å²) in [6.07, 6.45) is 3.43. The number of anilines is 1. The number of hydrogen-bond acceptors (Lipinski definition) is 6. The lowest BCUT2D eigenvalue weighted by Gasteiger charge is -2.23. The minimum Gasteiger partial charge on any atom is -0.455 e. The summed E-state index contributed by atoms with van der Waals surface area (Å²) in [5, 5.41) is 4.37. The van der Waals surface area contributed by atoms with Crippen molar-refractivity contribution in [1.82, 2.24) is 10.3 Å². The van der Waals surface area contributed by atoms with Crippen molar-refractivity contribution in [1.29, 1.82) is 0 Å². The molecule has 2 aliphatic rings. The molecule has 0 radical (unpaired) electrons. The highest BCUT2D eigenvalue weighted by molar-refractivity contribution is 8.14. The normalized spacial score (nSPS) is 17.1. The minimum absolute atomic E-state index is 0.0860. The Kier molecular flexibility index (Phi) is 5.53. The predicted octanol–water partition coefficient (Wildman–Crippen LogP) is 4.64. The van der Waals surface area contributed by atoms with Gasteiger partial charge in [0.2, 0.25) is 5.91 Å². The Bertz CT molecular complexity index is 1160. The second kappa shape index (κ2) is 8.61. The molecule has 0 saturated heterocycles. The van der Waals surface area contributed by atoms with Crippen LogP contribution in [0, 0.1) is 0 Å². The molecule has 1 N–H and O–H groups in total. The molecule has 2 aromatic carbocycles. The number of nitrogens with one attached hydrogen (secondary N) is 1. The molecule has 31 heavy (non-hydrogen) atoms. The van der Waals surface area contributed by atoms with Gasteiger partial charge >= 0.3 is 0 Å². The Morgan fingerprint density at radius 3 is 2.87 bits per heavy atom. The van der Waals surface area contributed by atoms with Crippen LogP contribution in [0.3, 0.4) is 0 Å². The summed E-state index contributed by atoms with van der Waals surface area (Å²) >= 11 is 7.86. The van der Waals surface area contributed by atoms with Crippen molar-refractivity contribution < 1.29 is 9.53 Å². The van der Waals surface area contributed by atoms with Crippen molar-refractivity contribution >= 4 is 40.1 Å². The molecule has 0 aliphatic carbocycles. The van der Waals surface area contributed by atoms with Crippen LogP contribution in [0.4, 0.5) is 5.69 Å². The van der Waals surface area contributed by atoms with Crippen LogP contribution in [-0.2, 0) is 17.9 Å². The summed E-state index contributed by atoms with van der Waals surface area (Å²) in [6, 6.07) is 16.8. The van der Waals surface area contributed by atoms with Gasteiger partial charge in [0.15, 0.2) is 10.9 Å². The van der Waals surface area contributed by atoms with Crippen LogP contribution in [0.15, 0.2) is 72.0 Å². The Balaban J connectivity index is 1.40. The van der Waals surface area contributed by atoms with Crippen molar-refractivity contribution in [2.24, 2.45) is 4.99 Å². The van der Waals surface area contributed by atoms with Crippen molar-refractivity contribution in [2.45, 2.75) is 19.1 Å². The van der Waals surface area contributed by atoms with E-state index in [9.17, 15) is 4.79 Å². The quantitative estimate of drug-likeness (QED) is 0.629. The molecule has 3 aromatic rings. The number of benzene rings is 2. The highest BCUT2D eigenvalue weighted by Crippen LogP contribution is 2.42. The van der Waals surface area contributed by atoms with Gasteiger partial charge in [0.1, 0.15) is 11.8 Å². The predicted molar refractivity (Wildman–Crippen MR) is 124 cm³/mol. The third-order valence-electron chi connectivity index (χ3n) is 5.12. The number of halogens is 1. The number of pyridine rings is 1. The molecule has 2 aliphatic heterocycles. The van der Waals surface area contributed by atoms with Gasteiger partial charge in [-0.2, -0.15) is 0 Å². The molecule has 5 rings (SSSR count). The smallest absolute Gasteiger partial charge is 0.246 e. The first-order valence-corrected chi connectivity index (χ1v) is 11.2. The summed E-state index contributed by atoms with van der Waals surface area (Å²) in [5.41, 5.74) is 2.89. The van der Waals surface area contributed by atoms with E-state index in [4.69, 9.17) is 21.3 Å². The number of hydrogen-bond donors (Lipinski definition) is 1. The van der Waals surface area contributed by atoms with Crippen LogP contribution >= 0.6 is 23.4 Å². The Morgan fingerprint density at radius 2 is 2.00 bits per heavy atom. The number of carbonyl (C=O) groups excluding carboxylic acids is 1. The lowest BCUT2D eigenvalue weighted by Crippen LogP contribution is -2.33. The van der Waals surface area contributed by atoms with Gasteiger partial charge < -0.3 is 15.0 Å². The molecule has 1 aromatic heterocycles. The molecule has 1 unspecified atom stereocenters. The number of rotatable bonds is 3. The molecule has 0 bridgehead atoms. The van der Waals surface area contributed by atoms with Gasteiger partial charge in [0.25, 0.3) is 0 Å². The first-order valence-electron chi connectivity index (χ1n) is 9.87. The molecule has 3 heterocycles. The van der Waals surface area contributed by atoms with Crippen LogP contribution < -0.4 is 15.0 Å². The molecular weight excluding hydrogens is 432 g/mol. The third kappa shape index (κ3) is 4.24. The van der Waals surface area contributed by atoms with Gasteiger partial charge in [0.05, 0.1) is 12.2 Å². The number of ether oxygens (including phenoxy) is 1. The van der Waals surface area contributed by atoms with Crippen molar-refractivity contribution in [2.75, 3.05) is 10.7 Å². The van der Waals surface area contributed by atoms with Crippen LogP contribution in [0.5, 0.6) is 11.5 Å². The summed E-state index contributed by atoms with van der Waals surface area (Å²) < 4.78 is 6.16. The highest BCUT2D eigenvalue weighted by atomic mass is 35.5. The first kappa shape index (κ1) is 19.9. The van der Waals surface area contributed by atoms with Crippen molar-refractivity contribution in [3.63, 3.8) is 0 Å². The van der Waals surface area contributed by atoms with E-state index in [0.717, 1.165) is 27.7 Å². The van der Waals surface area contributed by atoms with Gasteiger partial charge in [-0.1, -0.05) is 41.6 Å². The fourth-order valence-corrected chi connectivity index (χ4v) is 4.74. The molecule has 1 amide bonds. The summed E-state index contributed by atoms with van der Waals surface area (Å²) in [4.78, 5) is 23.5. The van der Waals surface area contributed by atoms with Crippen molar-refractivity contribution in [3.05, 3.63) is 83.1 Å². The number of fused-ring (bicyclic) bond motifs is 2. The number of nitrogens with zero attached hydrogens (tertiary/aromatic N) is 3. The van der Waals surface area contributed by atoms with Crippen LogP contribution in [0.1, 0.15) is 11.1 Å². The monoisotopic (exact) mass is 450 g/mol. The zero-order chi connectivity index (χ0) is 21.2. The van der Waals surface area contributed by atoms with E-state index < -0.39 is 6.04 Å². The van der Waals surface area contributed by atoms with E-state index in [0.29, 0.717) is 29.6 Å². The number of aliphatic imine (C=N–C) groups is 1. The molecule has 6 nitrogen and oxygen atoms in total. The number of para-hydroxylation sites is 1. The van der Waals surface area contributed by atoms with Gasteiger partial charge in [-0.3, -0.25) is 9.78 Å². The summed E-state index contributed by atoms with van der Waals surface area (Å²) in [5.74, 6) is 2.02. The third-order valence-corrected chi connectivity index (χ3v) is 6.42. The Hall–Kier alpha value is -3.03. The van der Waals surface area contributed by atoms with E-state index in [1.54, 1.807) is 24.2 Å². The maximum atomic E-state index is 12.7. The number of carbonyl (C=O) groups is 1. The van der Waals surface area contributed by atoms with E-state index >= 15 is 0 Å². The number of amides is 1. The van der Waals surface area contributed by atoms with Crippen LogP contribution in [-0.4, -0.2) is 27.9 Å². The Labute approximate surface area is 189 Å². The Morgan fingerprint density at radius 1 is 1.16 bits per heavy atom. The largest absolute Gasteiger partial charge is 0.455 e. The van der Waals surface area contributed by atoms with E-state index in [2.05, 4.69) is 15.2 Å². The highest BCUT2D eigenvalue weighted by Gasteiger charge is 2.31. The maximum Gasteiger partial charge on any atom is 0.246 e. The molecule has 1 atom stereocenters. The molecule has 0 spiro atoms. The maximum absolute atomic E-state index is 12.7. The SMILES string of the molecule is O=C(NCc1ccncc1)C1CSC(N2Cc3ccccc3Oc3ccc(Cl)cc32)=N1. The molecular formula is C23H19ClN4O2S. The number of thioether (sulfide) groups is 1. The summed E-state index contributed by atoms with van der Waals surface area (Å²) in [7, 11) is 0. The minimum atomic E-state index is -0.441.